The van der Waals surface area contributed by atoms with E-state index in [9.17, 15) is 18.0 Å². The van der Waals surface area contributed by atoms with Crippen molar-refractivity contribution in [1.82, 2.24) is 14.9 Å². The Balaban J connectivity index is 1.29. The van der Waals surface area contributed by atoms with Crippen molar-refractivity contribution in [3.8, 4) is 5.88 Å². The van der Waals surface area contributed by atoms with Crippen LogP contribution in [0, 0.1) is 6.92 Å². The van der Waals surface area contributed by atoms with Gasteiger partial charge in [0.25, 0.3) is 11.5 Å². The lowest BCUT2D eigenvalue weighted by atomic mass is 10.1. The molecule has 1 amide bonds. The summed E-state index contributed by atoms with van der Waals surface area (Å²) in [5.74, 6) is 0.318. The first-order valence-electron chi connectivity index (χ1n) is 12.0. The first-order valence-corrected chi connectivity index (χ1v) is 13.8. The zero-order valence-corrected chi connectivity index (χ0v) is 21.2. The molecule has 11 nitrogen and oxygen atoms in total. The van der Waals surface area contributed by atoms with Gasteiger partial charge in [0.05, 0.1) is 29.1 Å². The number of pyridine rings is 2. The van der Waals surface area contributed by atoms with E-state index in [1.807, 2.05) is 19.1 Å². The molecule has 4 heterocycles. The highest BCUT2D eigenvalue weighted by Gasteiger charge is 2.22. The summed E-state index contributed by atoms with van der Waals surface area (Å²) >= 11 is 0. The van der Waals surface area contributed by atoms with Crippen molar-refractivity contribution >= 4 is 38.5 Å². The summed E-state index contributed by atoms with van der Waals surface area (Å²) in [6, 6.07) is 8.92. The number of rotatable bonds is 6. The number of benzene rings is 1. The number of ether oxygens (including phenoxy) is 1. The summed E-state index contributed by atoms with van der Waals surface area (Å²) in [7, 11) is -2.92. The predicted molar refractivity (Wildman–Crippen MR) is 142 cm³/mol. The Labute approximate surface area is 214 Å². The van der Waals surface area contributed by atoms with E-state index in [0.717, 1.165) is 16.8 Å². The maximum atomic E-state index is 13.1. The van der Waals surface area contributed by atoms with Gasteiger partial charge in [-0.05, 0) is 30.7 Å². The number of aromatic amines is 1. The second kappa shape index (κ2) is 10.2. The number of hydrogen-bond acceptors (Lipinski definition) is 9. The van der Waals surface area contributed by atoms with Crippen molar-refractivity contribution in [2.24, 2.45) is 0 Å². The number of fused-ring (bicyclic) bond motifs is 1. The van der Waals surface area contributed by atoms with Gasteiger partial charge in [0.15, 0.2) is 9.84 Å². The van der Waals surface area contributed by atoms with Crippen LogP contribution in [0.2, 0.25) is 0 Å². The van der Waals surface area contributed by atoms with E-state index in [2.05, 4.69) is 30.8 Å². The molecule has 37 heavy (non-hydrogen) atoms. The molecule has 1 aromatic carbocycles. The number of aromatic nitrogens is 2. The zero-order chi connectivity index (χ0) is 26.0. The lowest BCUT2D eigenvalue weighted by molar-refractivity contribution is 0.102. The molecule has 5 rings (SSSR count). The summed E-state index contributed by atoms with van der Waals surface area (Å²) in [5.41, 5.74) is 3.59. The number of nitrogens with one attached hydrogen (secondary N) is 4. The first-order chi connectivity index (χ1) is 17.8. The molecule has 0 aliphatic carbocycles. The number of hydrogen-bond donors (Lipinski definition) is 4. The van der Waals surface area contributed by atoms with Gasteiger partial charge in [0, 0.05) is 43.6 Å². The van der Waals surface area contributed by atoms with Crippen LogP contribution in [0.25, 0.3) is 0 Å². The number of H-pyrrole nitrogens is 1. The molecular weight excluding hydrogens is 496 g/mol. The molecule has 0 radical (unpaired) electrons. The van der Waals surface area contributed by atoms with Crippen molar-refractivity contribution in [1.29, 1.82) is 0 Å². The van der Waals surface area contributed by atoms with E-state index in [4.69, 9.17) is 4.74 Å². The predicted octanol–water partition coefficient (Wildman–Crippen LogP) is 2.11. The number of amides is 1. The zero-order valence-electron chi connectivity index (χ0n) is 20.3. The molecule has 0 spiro atoms. The fourth-order valence-electron chi connectivity index (χ4n) is 4.35. The summed E-state index contributed by atoms with van der Waals surface area (Å²) in [5, 5.41) is 9.23. The van der Waals surface area contributed by atoms with Gasteiger partial charge in [0.2, 0.25) is 5.88 Å². The van der Waals surface area contributed by atoms with Gasteiger partial charge in [-0.3, -0.25) is 14.5 Å². The van der Waals surface area contributed by atoms with Crippen LogP contribution in [0.15, 0.2) is 47.5 Å². The number of carbonyl (C=O) groups is 1. The molecule has 12 heteroatoms. The van der Waals surface area contributed by atoms with Crippen molar-refractivity contribution in [3.05, 3.63) is 69.8 Å². The molecule has 2 aliphatic rings. The summed E-state index contributed by atoms with van der Waals surface area (Å²) in [6.45, 7) is 4.75. The van der Waals surface area contributed by atoms with E-state index in [-0.39, 0.29) is 17.1 Å². The molecule has 2 aliphatic heterocycles. The van der Waals surface area contributed by atoms with Crippen LogP contribution in [-0.2, 0) is 16.4 Å². The van der Waals surface area contributed by atoms with Crippen molar-refractivity contribution in [2.75, 3.05) is 53.7 Å². The minimum absolute atomic E-state index is 0.0533. The Bertz CT molecular complexity index is 1470. The number of carbonyl (C=O) groups excluding carboxylic acids is 1. The Hall–Kier alpha value is -3.90. The Kier molecular flexibility index (Phi) is 6.85. The largest absolute Gasteiger partial charge is 0.474 e. The highest BCUT2D eigenvalue weighted by Crippen LogP contribution is 2.34. The van der Waals surface area contributed by atoms with E-state index in [1.54, 1.807) is 24.4 Å². The first kappa shape index (κ1) is 24.8. The van der Waals surface area contributed by atoms with Crippen LogP contribution in [0.3, 0.4) is 0 Å². The van der Waals surface area contributed by atoms with Gasteiger partial charge in [-0.2, -0.15) is 0 Å². The van der Waals surface area contributed by atoms with Gasteiger partial charge >= 0.3 is 0 Å². The highest BCUT2D eigenvalue weighted by molar-refractivity contribution is 7.91. The van der Waals surface area contributed by atoms with Crippen LogP contribution in [0.1, 0.15) is 21.5 Å². The van der Waals surface area contributed by atoms with E-state index in [0.29, 0.717) is 55.7 Å². The van der Waals surface area contributed by atoms with E-state index in [1.165, 1.54) is 6.20 Å². The molecule has 4 N–H and O–H groups in total. The quantitative estimate of drug-likeness (QED) is 0.381. The van der Waals surface area contributed by atoms with Gasteiger partial charge in [0.1, 0.15) is 17.9 Å². The Morgan fingerprint density at radius 2 is 1.89 bits per heavy atom. The second-order valence-electron chi connectivity index (χ2n) is 9.05. The third kappa shape index (κ3) is 5.59. The van der Waals surface area contributed by atoms with Crippen LogP contribution in [0.4, 0.5) is 22.7 Å². The van der Waals surface area contributed by atoms with Crippen LogP contribution >= 0.6 is 0 Å². The average molecular weight is 525 g/mol. The van der Waals surface area contributed by atoms with Gasteiger partial charge in [-0.1, -0.05) is 12.1 Å². The Morgan fingerprint density at radius 3 is 2.65 bits per heavy atom. The molecule has 3 aromatic rings. The number of nitrogens with zero attached hydrogens (tertiary/aromatic N) is 2. The maximum Gasteiger partial charge on any atom is 0.263 e. The van der Waals surface area contributed by atoms with E-state index >= 15 is 0 Å². The van der Waals surface area contributed by atoms with Gasteiger partial charge in [-0.15, -0.1) is 0 Å². The number of anilines is 4. The monoisotopic (exact) mass is 524 g/mol. The fraction of sp³-hybridized carbons (Fsp3) is 0.320. The number of sulfone groups is 1. The smallest absolute Gasteiger partial charge is 0.263 e. The normalized spacial score (nSPS) is 16.7. The highest BCUT2D eigenvalue weighted by atomic mass is 32.2. The third-order valence-electron chi connectivity index (χ3n) is 6.46. The summed E-state index contributed by atoms with van der Waals surface area (Å²) < 4.78 is 28.8. The van der Waals surface area contributed by atoms with Crippen LogP contribution in [-0.4, -0.2) is 66.9 Å². The molecule has 1 saturated heterocycles. The molecule has 0 unspecified atom stereocenters. The topological polar surface area (TPSA) is 146 Å². The van der Waals surface area contributed by atoms with E-state index < -0.39 is 21.3 Å². The SMILES string of the molecule is Cc1c(Nc2cc[nH]c(=O)c2C(=O)Nc2ccc(CN3CCS(=O)(=O)CC3)cc2)cnc2c1NCCO2. The maximum absolute atomic E-state index is 13.1. The standard InChI is InChI=1S/C25H28N6O5S/c1-16-20(14-28-25-22(16)26-8-11-36-25)30-19-6-7-27-23(32)21(19)24(33)29-18-4-2-17(3-5-18)15-31-9-12-37(34,35)13-10-31/h2-7,14,26H,8-13,15H2,1H3,(H,29,33)(H2,27,30,32). The average Bonchev–Trinajstić information content (AvgIpc) is 2.88. The van der Waals surface area contributed by atoms with Crippen molar-refractivity contribution in [3.63, 3.8) is 0 Å². The van der Waals surface area contributed by atoms with Gasteiger partial charge < -0.3 is 25.7 Å². The van der Waals surface area contributed by atoms with Gasteiger partial charge in [-0.25, -0.2) is 13.4 Å². The van der Waals surface area contributed by atoms with Crippen LogP contribution in [0.5, 0.6) is 5.88 Å². The molecular formula is C25H28N6O5S. The molecule has 2 aromatic heterocycles. The second-order valence-corrected chi connectivity index (χ2v) is 11.4. The molecule has 0 bridgehead atoms. The fourth-order valence-corrected chi connectivity index (χ4v) is 5.63. The minimum Gasteiger partial charge on any atom is -0.474 e. The van der Waals surface area contributed by atoms with Crippen LogP contribution < -0.4 is 26.2 Å². The summed E-state index contributed by atoms with van der Waals surface area (Å²) in [4.78, 5) is 34.8. The summed E-state index contributed by atoms with van der Waals surface area (Å²) in [6.07, 6.45) is 3.09. The van der Waals surface area contributed by atoms with Crippen molar-refractivity contribution in [2.45, 2.75) is 13.5 Å². The molecule has 194 valence electrons. The molecule has 0 saturated carbocycles. The molecule has 1 fully saturated rings. The van der Waals surface area contributed by atoms with Crippen molar-refractivity contribution < 1.29 is 17.9 Å². The Morgan fingerprint density at radius 1 is 1.14 bits per heavy atom. The lowest BCUT2D eigenvalue weighted by Gasteiger charge is -2.26. The molecule has 0 atom stereocenters. The lowest BCUT2D eigenvalue weighted by Crippen LogP contribution is -2.39. The minimum atomic E-state index is -2.92. The third-order valence-corrected chi connectivity index (χ3v) is 8.07.